The number of hydrogen-bond acceptors (Lipinski definition) is 0. The number of rotatable bonds is 3. The first-order chi connectivity index (χ1) is 6.29. The van der Waals surface area contributed by atoms with Gasteiger partial charge < -0.3 is 0 Å². The fraction of sp³-hybridized carbons (Fsp3) is 0.455. The first-order valence-corrected chi connectivity index (χ1v) is 4.39. The smallest absolute Gasteiger partial charge is 0.166 e. The molecule has 14 heavy (non-hydrogen) atoms. The maximum Gasteiger partial charge on any atom is 0.412 e. The first kappa shape index (κ1) is 13.0. The number of hydrogen-bond donors (Lipinski definition) is 0. The van der Waals surface area contributed by atoms with E-state index in [4.69, 9.17) is 0 Å². The molecular weight excluding hydrogens is 189 g/mol. The van der Waals surface area contributed by atoms with Crippen LogP contribution >= 0.6 is 0 Å². The quantitative estimate of drug-likeness (QED) is 0.597. The SMILES string of the molecule is C=C(/C=C\C(C)=C(/C)C(F)(F)F)CC. The highest BCUT2D eigenvalue weighted by Gasteiger charge is 2.30. The van der Waals surface area contributed by atoms with E-state index in [1.165, 1.54) is 13.0 Å². The Morgan fingerprint density at radius 2 is 1.71 bits per heavy atom. The summed E-state index contributed by atoms with van der Waals surface area (Å²) in [6.45, 7) is 8.11. The van der Waals surface area contributed by atoms with Gasteiger partial charge in [-0.05, 0) is 25.8 Å². The average molecular weight is 204 g/mol. The van der Waals surface area contributed by atoms with E-state index in [1.807, 2.05) is 6.92 Å². The van der Waals surface area contributed by atoms with Gasteiger partial charge in [0, 0.05) is 5.57 Å². The van der Waals surface area contributed by atoms with Crippen molar-refractivity contribution in [2.75, 3.05) is 0 Å². The van der Waals surface area contributed by atoms with Crippen molar-refractivity contribution in [3.63, 3.8) is 0 Å². The zero-order valence-electron chi connectivity index (χ0n) is 8.70. The van der Waals surface area contributed by atoms with E-state index >= 15 is 0 Å². The van der Waals surface area contributed by atoms with Gasteiger partial charge >= 0.3 is 6.18 Å². The molecule has 0 atom stereocenters. The largest absolute Gasteiger partial charge is 0.412 e. The predicted octanol–water partition coefficient (Wildman–Crippen LogP) is 4.41. The molecule has 0 aliphatic rings. The maximum atomic E-state index is 12.2. The van der Waals surface area contributed by atoms with Crippen LogP contribution in [0.3, 0.4) is 0 Å². The molecule has 0 heterocycles. The Hall–Kier alpha value is -0.990. The molecular formula is C11H15F3. The second kappa shape index (κ2) is 5.03. The van der Waals surface area contributed by atoms with E-state index in [1.54, 1.807) is 6.08 Å². The maximum absolute atomic E-state index is 12.2. The van der Waals surface area contributed by atoms with Gasteiger partial charge in [0.25, 0.3) is 0 Å². The molecule has 80 valence electrons. The Balaban J connectivity index is 4.70. The van der Waals surface area contributed by atoms with Crippen LogP contribution in [-0.4, -0.2) is 6.18 Å². The Labute approximate surface area is 82.8 Å². The molecule has 0 fully saturated rings. The molecule has 0 aromatic heterocycles. The molecule has 0 radical (unpaired) electrons. The van der Waals surface area contributed by atoms with Gasteiger partial charge in [0.2, 0.25) is 0 Å². The van der Waals surface area contributed by atoms with Crippen molar-refractivity contribution in [2.45, 2.75) is 33.4 Å². The van der Waals surface area contributed by atoms with Crippen molar-refractivity contribution in [1.29, 1.82) is 0 Å². The van der Waals surface area contributed by atoms with Crippen molar-refractivity contribution in [3.8, 4) is 0 Å². The van der Waals surface area contributed by atoms with Crippen LogP contribution in [0.25, 0.3) is 0 Å². The second-order valence-corrected chi connectivity index (χ2v) is 3.15. The lowest BCUT2D eigenvalue weighted by atomic mass is 10.1. The van der Waals surface area contributed by atoms with Crippen LogP contribution in [0.2, 0.25) is 0 Å². The summed E-state index contributed by atoms with van der Waals surface area (Å²) in [6.07, 6.45) is -0.421. The van der Waals surface area contributed by atoms with Crippen molar-refractivity contribution < 1.29 is 13.2 Å². The molecule has 0 saturated heterocycles. The molecule has 0 N–H and O–H groups in total. The van der Waals surface area contributed by atoms with Crippen LogP contribution in [0, 0.1) is 0 Å². The summed E-state index contributed by atoms with van der Waals surface area (Å²) < 4.78 is 36.6. The van der Waals surface area contributed by atoms with E-state index in [0.717, 1.165) is 18.9 Å². The molecule has 0 rings (SSSR count). The summed E-state index contributed by atoms with van der Waals surface area (Å²) in [5, 5.41) is 0. The van der Waals surface area contributed by atoms with Crippen LogP contribution in [0.1, 0.15) is 27.2 Å². The van der Waals surface area contributed by atoms with E-state index in [-0.39, 0.29) is 5.57 Å². The normalized spacial score (nSPS) is 14.4. The fourth-order valence-electron chi connectivity index (χ4n) is 0.709. The van der Waals surface area contributed by atoms with E-state index in [9.17, 15) is 13.2 Å². The summed E-state index contributed by atoms with van der Waals surface area (Å²) >= 11 is 0. The number of halogens is 3. The van der Waals surface area contributed by atoms with Crippen molar-refractivity contribution in [3.05, 3.63) is 35.5 Å². The van der Waals surface area contributed by atoms with Gasteiger partial charge in [0.1, 0.15) is 0 Å². The van der Waals surface area contributed by atoms with E-state index in [2.05, 4.69) is 6.58 Å². The van der Waals surface area contributed by atoms with Crippen molar-refractivity contribution >= 4 is 0 Å². The second-order valence-electron chi connectivity index (χ2n) is 3.15. The molecule has 0 nitrogen and oxygen atoms in total. The Morgan fingerprint density at radius 3 is 2.07 bits per heavy atom. The Kier molecular flexibility index (Phi) is 4.68. The van der Waals surface area contributed by atoms with Gasteiger partial charge in [-0.1, -0.05) is 31.2 Å². The van der Waals surface area contributed by atoms with Crippen LogP contribution in [0.4, 0.5) is 13.2 Å². The number of allylic oxidation sites excluding steroid dienone is 5. The highest BCUT2D eigenvalue weighted by molar-refractivity contribution is 5.29. The molecule has 0 aliphatic carbocycles. The predicted molar refractivity (Wildman–Crippen MR) is 53.0 cm³/mol. The van der Waals surface area contributed by atoms with E-state index in [0.29, 0.717) is 0 Å². The third kappa shape index (κ3) is 4.30. The summed E-state index contributed by atoms with van der Waals surface area (Å²) in [5.41, 5.74) is 0.490. The van der Waals surface area contributed by atoms with Crippen LogP contribution in [0.15, 0.2) is 35.5 Å². The van der Waals surface area contributed by atoms with Gasteiger partial charge in [0.05, 0.1) is 0 Å². The Bertz CT molecular complexity index is 267. The minimum absolute atomic E-state index is 0.229. The summed E-state index contributed by atoms with van der Waals surface area (Å²) in [4.78, 5) is 0. The minimum atomic E-state index is -4.23. The van der Waals surface area contributed by atoms with Gasteiger partial charge in [-0.25, -0.2) is 0 Å². The number of alkyl halides is 3. The van der Waals surface area contributed by atoms with Crippen LogP contribution in [-0.2, 0) is 0 Å². The molecule has 0 amide bonds. The molecule has 0 spiro atoms. The van der Waals surface area contributed by atoms with Crippen LogP contribution < -0.4 is 0 Å². The molecule has 0 unspecified atom stereocenters. The van der Waals surface area contributed by atoms with Gasteiger partial charge in [-0.15, -0.1) is 0 Å². The molecule has 0 aromatic rings. The minimum Gasteiger partial charge on any atom is -0.166 e. The topological polar surface area (TPSA) is 0 Å². The van der Waals surface area contributed by atoms with Gasteiger partial charge in [-0.3, -0.25) is 0 Å². The Morgan fingerprint density at radius 1 is 1.21 bits per heavy atom. The summed E-state index contributed by atoms with van der Waals surface area (Å²) in [7, 11) is 0. The average Bonchev–Trinajstić information content (AvgIpc) is 2.10. The first-order valence-electron chi connectivity index (χ1n) is 4.39. The molecule has 0 saturated carbocycles. The standard InChI is InChI=1S/C11H15F3/c1-5-8(2)6-7-9(3)10(4)11(12,13)14/h6-7H,2,5H2,1,3-4H3/b7-6-,10-9+. The summed E-state index contributed by atoms with van der Waals surface area (Å²) in [6, 6.07) is 0. The van der Waals surface area contributed by atoms with Gasteiger partial charge in [-0.2, -0.15) is 13.2 Å². The molecule has 3 heteroatoms. The zero-order valence-corrected chi connectivity index (χ0v) is 8.70. The summed E-state index contributed by atoms with van der Waals surface area (Å²) in [5.74, 6) is 0. The van der Waals surface area contributed by atoms with E-state index < -0.39 is 11.7 Å². The lowest BCUT2D eigenvalue weighted by Crippen LogP contribution is -2.10. The van der Waals surface area contributed by atoms with Gasteiger partial charge in [0.15, 0.2) is 0 Å². The van der Waals surface area contributed by atoms with Crippen molar-refractivity contribution in [2.24, 2.45) is 0 Å². The lowest BCUT2D eigenvalue weighted by molar-refractivity contribution is -0.0919. The monoisotopic (exact) mass is 204 g/mol. The molecule has 0 bridgehead atoms. The van der Waals surface area contributed by atoms with Crippen molar-refractivity contribution in [1.82, 2.24) is 0 Å². The zero-order chi connectivity index (χ0) is 11.4. The molecule has 0 aromatic carbocycles. The van der Waals surface area contributed by atoms with Crippen LogP contribution in [0.5, 0.6) is 0 Å². The fourth-order valence-corrected chi connectivity index (χ4v) is 0.709. The third-order valence-electron chi connectivity index (χ3n) is 2.04. The highest BCUT2D eigenvalue weighted by atomic mass is 19.4. The lowest BCUT2D eigenvalue weighted by Gasteiger charge is -2.08. The molecule has 0 aliphatic heterocycles. The third-order valence-corrected chi connectivity index (χ3v) is 2.04. The highest BCUT2D eigenvalue weighted by Crippen LogP contribution is 2.27.